The number of carbonyl (C=O) groups excluding carboxylic acids is 1. The minimum atomic E-state index is -0.423. The summed E-state index contributed by atoms with van der Waals surface area (Å²) in [4.78, 5) is 31.7. The molecule has 0 saturated heterocycles. The fraction of sp³-hybridized carbons (Fsp3) is 0.154. The summed E-state index contributed by atoms with van der Waals surface area (Å²) in [6, 6.07) is 22.4. The number of thiophene rings is 1. The quantitative estimate of drug-likeness (QED) is 0.185. The van der Waals surface area contributed by atoms with Crippen LogP contribution < -0.4 is 4.90 Å². The molecular weight excluding hydrogens is 466 g/mol. The third kappa shape index (κ3) is 4.18. The summed E-state index contributed by atoms with van der Waals surface area (Å²) in [5.74, 6) is 0.146. The van der Waals surface area contributed by atoms with Crippen LogP contribution in [0.1, 0.15) is 40.6 Å². The van der Waals surface area contributed by atoms with E-state index in [2.05, 4.69) is 19.9 Å². The monoisotopic (exact) mass is 487 g/mol. The summed E-state index contributed by atoms with van der Waals surface area (Å²) in [5.41, 5.74) is 3.09. The second kappa shape index (κ2) is 8.96. The van der Waals surface area contributed by atoms with Gasteiger partial charge in [0.05, 0.1) is 26.6 Å². The van der Waals surface area contributed by atoms with E-state index in [9.17, 15) is 14.9 Å². The Hall–Kier alpha value is -3.62. The lowest BCUT2D eigenvalue weighted by Gasteiger charge is -2.19. The van der Waals surface area contributed by atoms with E-state index in [1.807, 2.05) is 42.5 Å². The van der Waals surface area contributed by atoms with Crippen molar-refractivity contribution in [3.63, 3.8) is 0 Å². The number of thiazole rings is 1. The number of nitrogens with zero attached hydrogens (tertiary/aromatic N) is 3. The fourth-order valence-corrected chi connectivity index (χ4v) is 5.90. The van der Waals surface area contributed by atoms with E-state index in [0.29, 0.717) is 27.9 Å². The van der Waals surface area contributed by atoms with Crippen molar-refractivity contribution in [1.82, 2.24) is 4.98 Å². The first-order valence-corrected chi connectivity index (χ1v) is 12.5. The summed E-state index contributed by atoms with van der Waals surface area (Å²) in [6.07, 6.45) is 0. The topological polar surface area (TPSA) is 76.3 Å². The standard InChI is InChI=1S/C26H21N3O3S2/c1-16(2)20-9-6-10-22-24(20)27-26(34-22)28(15-17-7-4-3-5-8-17)25(30)23-14-18-13-19(29(31)32)11-12-21(18)33-23/h3-14,16H,15H2,1-2H3. The number of rotatable bonds is 6. The first-order valence-electron chi connectivity index (χ1n) is 10.8. The molecule has 0 spiro atoms. The molecule has 0 radical (unpaired) electrons. The van der Waals surface area contributed by atoms with Gasteiger partial charge in [0.1, 0.15) is 0 Å². The highest BCUT2D eigenvalue weighted by molar-refractivity contribution is 7.23. The number of fused-ring (bicyclic) bond motifs is 2. The van der Waals surface area contributed by atoms with Crippen LogP contribution in [0.2, 0.25) is 0 Å². The molecule has 0 aliphatic heterocycles. The zero-order valence-corrected chi connectivity index (χ0v) is 20.2. The van der Waals surface area contributed by atoms with Gasteiger partial charge >= 0.3 is 0 Å². The molecule has 0 fully saturated rings. The first kappa shape index (κ1) is 22.2. The van der Waals surface area contributed by atoms with Crippen LogP contribution in [-0.2, 0) is 6.54 Å². The number of non-ortho nitro benzene ring substituents is 1. The number of aromatic nitrogens is 1. The number of benzene rings is 3. The molecule has 0 bridgehead atoms. The van der Waals surface area contributed by atoms with E-state index in [1.54, 1.807) is 17.0 Å². The Bertz CT molecular complexity index is 1520. The molecule has 5 rings (SSSR count). The lowest BCUT2D eigenvalue weighted by atomic mass is 10.0. The number of hydrogen-bond donors (Lipinski definition) is 0. The van der Waals surface area contributed by atoms with Crippen LogP contribution >= 0.6 is 22.7 Å². The zero-order chi connectivity index (χ0) is 23.8. The molecule has 0 unspecified atom stereocenters. The molecule has 34 heavy (non-hydrogen) atoms. The largest absolute Gasteiger partial charge is 0.279 e. The Morgan fingerprint density at radius 1 is 1.00 bits per heavy atom. The van der Waals surface area contributed by atoms with Gasteiger partial charge in [0.15, 0.2) is 5.13 Å². The maximum absolute atomic E-state index is 13.8. The highest BCUT2D eigenvalue weighted by atomic mass is 32.1. The minimum absolute atomic E-state index is 0.0119. The maximum Gasteiger partial charge on any atom is 0.270 e. The van der Waals surface area contributed by atoms with Crippen LogP contribution in [0.4, 0.5) is 10.8 Å². The van der Waals surface area contributed by atoms with E-state index >= 15 is 0 Å². The predicted octanol–water partition coefficient (Wildman–Crippen LogP) is 7.39. The number of anilines is 1. The second-order valence-electron chi connectivity index (χ2n) is 8.31. The average Bonchev–Trinajstić information content (AvgIpc) is 3.46. The SMILES string of the molecule is CC(C)c1cccc2sc(N(Cc3ccccc3)C(=O)c3cc4cc([N+](=O)[O-])ccc4s3)nc12. The number of hydrogen-bond acceptors (Lipinski definition) is 6. The van der Waals surface area contributed by atoms with Crippen LogP contribution in [0, 0.1) is 10.1 Å². The van der Waals surface area contributed by atoms with Gasteiger partial charge in [-0.15, -0.1) is 11.3 Å². The molecule has 5 aromatic rings. The van der Waals surface area contributed by atoms with Gasteiger partial charge in [-0.3, -0.25) is 19.8 Å². The van der Waals surface area contributed by atoms with Crippen LogP contribution in [0.25, 0.3) is 20.3 Å². The molecule has 0 saturated carbocycles. The molecule has 8 heteroatoms. The smallest absolute Gasteiger partial charge is 0.270 e. The van der Waals surface area contributed by atoms with Crippen molar-refractivity contribution in [2.75, 3.05) is 4.90 Å². The number of nitro benzene ring substituents is 1. The molecule has 1 amide bonds. The van der Waals surface area contributed by atoms with Crippen molar-refractivity contribution in [2.45, 2.75) is 26.3 Å². The molecule has 2 heterocycles. The summed E-state index contributed by atoms with van der Waals surface area (Å²) in [7, 11) is 0. The summed E-state index contributed by atoms with van der Waals surface area (Å²) in [5, 5.41) is 12.5. The third-order valence-corrected chi connectivity index (χ3v) is 7.79. The van der Waals surface area contributed by atoms with Gasteiger partial charge < -0.3 is 0 Å². The molecule has 0 N–H and O–H groups in total. The molecule has 6 nitrogen and oxygen atoms in total. The van der Waals surface area contributed by atoms with Gasteiger partial charge in [-0.05, 0) is 35.2 Å². The minimum Gasteiger partial charge on any atom is -0.279 e. The Balaban J connectivity index is 1.60. The molecule has 0 atom stereocenters. The van der Waals surface area contributed by atoms with E-state index in [-0.39, 0.29) is 11.6 Å². The van der Waals surface area contributed by atoms with Crippen molar-refractivity contribution in [2.24, 2.45) is 0 Å². The van der Waals surface area contributed by atoms with Crippen LogP contribution in [-0.4, -0.2) is 15.8 Å². The Morgan fingerprint density at radius 3 is 2.53 bits per heavy atom. The molecule has 3 aromatic carbocycles. The number of nitro groups is 1. The Morgan fingerprint density at radius 2 is 1.79 bits per heavy atom. The lowest BCUT2D eigenvalue weighted by Crippen LogP contribution is -2.29. The second-order valence-corrected chi connectivity index (χ2v) is 10.4. The summed E-state index contributed by atoms with van der Waals surface area (Å²) < 4.78 is 1.87. The van der Waals surface area contributed by atoms with E-state index in [0.717, 1.165) is 26.0 Å². The van der Waals surface area contributed by atoms with E-state index in [4.69, 9.17) is 4.98 Å². The van der Waals surface area contributed by atoms with E-state index in [1.165, 1.54) is 34.8 Å². The third-order valence-electron chi connectivity index (χ3n) is 5.64. The van der Waals surface area contributed by atoms with Crippen LogP contribution in [0.5, 0.6) is 0 Å². The van der Waals surface area contributed by atoms with Crippen LogP contribution in [0.3, 0.4) is 0 Å². The van der Waals surface area contributed by atoms with Gasteiger partial charge in [0, 0.05) is 22.2 Å². The van der Waals surface area contributed by atoms with Crippen molar-refractivity contribution < 1.29 is 9.72 Å². The van der Waals surface area contributed by atoms with Crippen molar-refractivity contribution in [3.8, 4) is 0 Å². The number of para-hydroxylation sites is 1. The Labute approximate surface area is 204 Å². The van der Waals surface area contributed by atoms with Gasteiger partial charge in [0.25, 0.3) is 11.6 Å². The predicted molar refractivity (Wildman–Crippen MR) is 139 cm³/mol. The number of carbonyl (C=O) groups is 1. The number of amides is 1. The van der Waals surface area contributed by atoms with Gasteiger partial charge in [-0.25, -0.2) is 4.98 Å². The first-order chi connectivity index (χ1) is 16.4. The van der Waals surface area contributed by atoms with Gasteiger partial charge in [-0.1, -0.05) is 67.6 Å². The summed E-state index contributed by atoms with van der Waals surface area (Å²) >= 11 is 2.84. The molecule has 0 aliphatic carbocycles. The van der Waals surface area contributed by atoms with Crippen molar-refractivity contribution in [1.29, 1.82) is 0 Å². The molecule has 0 aliphatic rings. The lowest BCUT2D eigenvalue weighted by molar-refractivity contribution is -0.384. The van der Waals surface area contributed by atoms with Gasteiger partial charge in [0.2, 0.25) is 0 Å². The zero-order valence-electron chi connectivity index (χ0n) is 18.6. The van der Waals surface area contributed by atoms with Gasteiger partial charge in [-0.2, -0.15) is 0 Å². The fourth-order valence-electron chi connectivity index (χ4n) is 3.91. The molecule has 170 valence electrons. The normalized spacial score (nSPS) is 11.4. The maximum atomic E-state index is 13.8. The average molecular weight is 488 g/mol. The molecule has 2 aromatic heterocycles. The van der Waals surface area contributed by atoms with Crippen molar-refractivity contribution in [3.05, 3.63) is 98.9 Å². The molecular formula is C26H21N3O3S2. The highest BCUT2D eigenvalue weighted by Gasteiger charge is 2.25. The van der Waals surface area contributed by atoms with Crippen LogP contribution in [0.15, 0.2) is 72.8 Å². The van der Waals surface area contributed by atoms with Crippen molar-refractivity contribution >= 4 is 59.7 Å². The Kier molecular flexibility index (Phi) is 5.85. The highest BCUT2D eigenvalue weighted by Crippen LogP contribution is 2.36. The van der Waals surface area contributed by atoms with E-state index < -0.39 is 4.92 Å². The summed E-state index contributed by atoms with van der Waals surface area (Å²) in [6.45, 7) is 4.65.